The normalized spacial score (nSPS) is 43.4. The Bertz CT molecular complexity index is 655. The van der Waals surface area contributed by atoms with E-state index in [1.165, 1.54) is 11.1 Å². The van der Waals surface area contributed by atoms with Crippen molar-refractivity contribution >= 4 is 5.78 Å². The molecule has 2 bridgehead atoms. The highest BCUT2D eigenvalue weighted by Gasteiger charge is 2.66. The molecule has 21 heavy (non-hydrogen) atoms. The van der Waals surface area contributed by atoms with Gasteiger partial charge in [0.15, 0.2) is 11.9 Å². The second-order valence-electron chi connectivity index (χ2n) is 7.50. The van der Waals surface area contributed by atoms with E-state index in [0.29, 0.717) is 30.1 Å². The quantitative estimate of drug-likeness (QED) is 0.731. The summed E-state index contributed by atoms with van der Waals surface area (Å²) in [6.45, 7) is 3.35. The fourth-order valence-electron chi connectivity index (χ4n) is 5.94. The Kier molecular flexibility index (Phi) is 2.15. The van der Waals surface area contributed by atoms with E-state index in [4.69, 9.17) is 4.74 Å². The van der Waals surface area contributed by atoms with Gasteiger partial charge in [0.2, 0.25) is 0 Å². The third-order valence-electron chi connectivity index (χ3n) is 6.60. The minimum absolute atomic E-state index is 0.0316. The molecule has 5 rings (SSSR count). The first-order valence-electron chi connectivity index (χ1n) is 8.15. The van der Waals surface area contributed by atoms with Gasteiger partial charge in [0, 0.05) is 23.4 Å². The Morgan fingerprint density at radius 3 is 3.05 bits per heavy atom. The Balaban J connectivity index is 1.83. The van der Waals surface area contributed by atoms with Gasteiger partial charge in [-0.2, -0.15) is 0 Å². The number of carbonyl (C=O) groups excluding carboxylic acids is 1. The average molecular weight is 283 g/mol. The summed E-state index contributed by atoms with van der Waals surface area (Å²) in [5.41, 5.74) is 2.78. The fraction of sp³-hybridized carbons (Fsp3) is 0.611. The highest BCUT2D eigenvalue weighted by molar-refractivity contribution is 5.89. The summed E-state index contributed by atoms with van der Waals surface area (Å²) in [7, 11) is 2.25. The van der Waals surface area contributed by atoms with Crippen LogP contribution in [0, 0.1) is 11.8 Å². The van der Waals surface area contributed by atoms with Crippen LogP contribution in [0.2, 0.25) is 0 Å². The minimum Gasteiger partial charge on any atom is -0.481 e. The van der Waals surface area contributed by atoms with Crippen LogP contribution in [0.4, 0.5) is 0 Å². The minimum atomic E-state index is -0.216. The van der Waals surface area contributed by atoms with Gasteiger partial charge in [0.05, 0.1) is 0 Å². The Morgan fingerprint density at radius 1 is 1.33 bits per heavy atom. The highest BCUT2D eigenvalue weighted by Crippen LogP contribution is 2.62. The third kappa shape index (κ3) is 1.24. The van der Waals surface area contributed by atoms with Crippen molar-refractivity contribution in [3.05, 3.63) is 29.3 Å². The van der Waals surface area contributed by atoms with Crippen LogP contribution in [0.3, 0.4) is 0 Å². The van der Waals surface area contributed by atoms with Crippen LogP contribution in [0.5, 0.6) is 5.75 Å². The second-order valence-corrected chi connectivity index (χ2v) is 7.50. The van der Waals surface area contributed by atoms with Crippen LogP contribution < -0.4 is 4.74 Å². The van der Waals surface area contributed by atoms with Gasteiger partial charge in [-0.1, -0.05) is 19.1 Å². The Morgan fingerprint density at radius 2 is 2.19 bits per heavy atom. The zero-order valence-corrected chi connectivity index (χ0v) is 12.6. The molecule has 0 radical (unpaired) electrons. The van der Waals surface area contributed by atoms with Crippen molar-refractivity contribution in [2.45, 2.75) is 43.7 Å². The van der Waals surface area contributed by atoms with Crippen molar-refractivity contribution < 1.29 is 9.53 Å². The van der Waals surface area contributed by atoms with Gasteiger partial charge in [-0.25, -0.2) is 0 Å². The molecular weight excluding hydrogens is 262 g/mol. The first-order chi connectivity index (χ1) is 10.1. The van der Waals surface area contributed by atoms with E-state index >= 15 is 0 Å². The summed E-state index contributed by atoms with van der Waals surface area (Å²) in [5.74, 6) is 2.35. The average Bonchev–Trinajstić information content (AvgIpc) is 2.80. The van der Waals surface area contributed by atoms with Crippen LogP contribution in [0.1, 0.15) is 30.9 Å². The van der Waals surface area contributed by atoms with E-state index < -0.39 is 0 Å². The first-order valence-corrected chi connectivity index (χ1v) is 8.15. The summed E-state index contributed by atoms with van der Waals surface area (Å²) in [6, 6.07) is 6.97. The molecule has 2 aliphatic heterocycles. The van der Waals surface area contributed by atoms with Gasteiger partial charge in [-0.15, -0.1) is 0 Å². The maximum Gasteiger partial charge on any atom is 0.174 e. The van der Waals surface area contributed by atoms with Crippen LogP contribution in [-0.2, 0) is 16.6 Å². The number of likely N-dealkylation sites (tertiary alicyclic amines) is 1. The van der Waals surface area contributed by atoms with E-state index in [9.17, 15) is 4.79 Å². The number of Topliss-reactive ketones (excluding diaryl/α,β-unsaturated/α-hetero) is 1. The molecule has 4 aliphatic rings. The highest BCUT2D eigenvalue weighted by atomic mass is 16.5. The van der Waals surface area contributed by atoms with Gasteiger partial charge in [0.1, 0.15) is 5.75 Å². The van der Waals surface area contributed by atoms with Crippen LogP contribution >= 0.6 is 0 Å². The zero-order chi connectivity index (χ0) is 14.4. The number of ether oxygens (including phenoxy) is 1. The molecule has 0 N–H and O–H groups in total. The summed E-state index contributed by atoms with van der Waals surface area (Å²) in [6.07, 6.45) is 2.65. The molecule has 0 aromatic heterocycles. The Hall–Kier alpha value is -1.35. The number of rotatable bonds is 0. The van der Waals surface area contributed by atoms with Crippen molar-refractivity contribution in [1.29, 1.82) is 0 Å². The number of hydrogen-bond donors (Lipinski definition) is 0. The van der Waals surface area contributed by atoms with Gasteiger partial charge >= 0.3 is 0 Å². The second kappa shape index (κ2) is 3.70. The predicted octanol–water partition coefficient (Wildman–Crippen LogP) is 2.17. The van der Waals surface area contributed by atoms with Crippen molar-refractivity contribution in [1.82, 2.24) is 4.90 Å². The molecule has 1 saturated carbocycles. The topological polar surface area (TPSA) is 29.5 Å². The lowest BCUT2D eigenvalue weighted by atomic mass is 9.49. The van der Waals surface area contributed by atoms with Gasteiger partial charge < -0.3 is 9.64 Å². The molecule has 3 heteroatoms. The summed E-state index contributed by atoms with van der Waals surface area (Å²) >= 11 is 0. The van der Waals surface area contributed by atoms with E-state index in [0.717, 1.165) is 25.1 Å². The lowest BCUT2D eigenvalue weighted by Gasteiger charge is -2.59. The number of nitrogens with zero attached hydrogens (tertiary/aromatic N) is 1. The Labute approximate surface area is 125 Å². The molecule has 1 saturated heterocycles. The molecule has 110 valence electrons. The molecule has 1 aromatic carbocycles. The van der Waals surface area contributed by atoms with E-state index in [-0.39, 0.29) is 11.5 Å². The lowest BCUT2D eigenvalue weighted by molar-refractivity contribution is -0.143. The van der Waals surface area contributed by atoms with E-state index in [1.807, 2.05) is 0 Å². The van der Waals surface area contributed by atoms with Crippen molar-refractivity contribution in [2.75, 3.05) is 13.6 Å². The molecule has 0 unspecified atom stereocenters. The molecular formula is C18H21NO2. The molecule has 1 aromatic rings. The third-order valence-corrected chi connectivity index (χ3v) is 6.60. The van der Waals surface area contributed by atoms with Crippen molar-refractivity contribution in [3.63, 3.8) is 0 Å². The number of carbonyl (C=O) groups is 1. The summed E-state index contributed by atoms with van der Waals surface area (Å²) in [4.78, 5) is 15.2. The van der Waals surface area contributed by atoms with Gasteiger partial charge in [0.25, 0.3) is 0 Å². The molecule has 1 spiro atoms. The van der Waals surface area contributed by atoms with E-state index in [1.54, 1.807) is 0 Å². The molecule has 5 atom stereocenters. The van der Waals surface area contributed by atoms with Crippen LogP contribution in [0.25, 0.3) is 0 Å². The predicted molar refractivity (Wildman–Crippen MR) is 79.6 cm³/mol. The molecule has 2 aliphatic carbocycles. The number of benzene rings is 1. The van der Waals surface area contributed by atoms with Crippen LogP contribution in [0.15, 0.2) is 18.2 Å². The largest absolute Gasteiger partial charge is 0.481 e. The molecule has 2 heterocycles. The van der Waals surface area contributed by atoms with Gasteiger partial charge in [-0.05, 0) is 49.9 Å². The van der Waals surface area contributed by atoms with Crippen LogP contribution in [-0.4, -0.2) is 36.4 Å². The standard InChI is InChI=1S/C18H21NO2/c1-10-8-13(20)17-18-6-7-19(2)12(15(10)18)9-11-4-3-5-14(21-17)16(11)18/h3-5,10,12,15,17H,6-9H2,1-2H3/t10-,12-,15+,17+,18+/m1/s1. The summed E-state index contributed by atoms with van der Waals surface area (Å²) < 4.78 is 6.21. The van der Waals surface area contributed by atoms with E-state index in [2.05, 4.69) is 37.1 Å². The SMILES string of the molecule is C[C@@H]1CC(=O)[C@@H]2Oc3cccc4c3[C@@]23CCN(C)[C@H](C4)[C@H]13. The number of ketones is 1. The summed E-state index contributed by atoms with van der Waals surface area (Å²) in [5, 5.41) is 0. The monoisotopic (exact) mass is 283 g/mol. The molecule has 0 amide bonds. The number of likely N-dealkylation sites (N-methyl/N-ethyl adjacent to an activating group) is 1. The van der Waals surface area contributed by atoms with Gasteiger partial charge in [-0.3, -0.25) is 4.79 Å². The smallest absolute Gasteiger partial charge is 0.174 e. The van der Waals surface area contributed by atoms with Crippen molar-refractivity contribution in [3.8, 4) is 5.75 Å². The maximum atomic E-state index is 12.7. The number of hydrogen-bond acceptors (Lipinski definition) is 3. The maximum absolute atomic E-state index is 12.7. The van der Waals surface area contributed by atoms with Crippen molar-refractivity contribution in [2.24, 2.45) is 11.8 Å². The molecule has 2 fully saturated rings. The fourth-order valence-corrected chi connectivity index (χ4v) is 5.94. The zero-order valence-electron chi connectivity index (χ0n) is 12.6. The lowest BCUT2D eigenvalue weighted by Crippen LogP contribution is -2.67. The first kappa shape index (κ1) is 12.2. The number of piperidine rings is 1. The molecule has 3 nitrogen and oxygen atoms in total.